The van der Waals surface area contributed by atoms with Gasteiger partial charge in [0.15, 0.2) is 11.5 Å². The molecule has 1 saturated carbocycles. The third-order valence-electron chi connectivity index (χ3n) is 7.85. The van der Waals surface area contributed by atoms with Crippen molar-refractivity contribution in [3.63, 3.8) is 0 Å². The van der Waals surface area contributed by atoms with Gasteiger partial charge in [-0.1, -0.05) is 25.0 Å². The number of hydrogen-bond donors (Lipinski definition) is 1. The molecule has 0 spiro atoms. The zero-order valence-corrected chi connectivity index (χ0v) is 25.5. The maximum Gasteiger partial charge on any atom is 0.264 e. The van der Waals surface area contributed by atoms with Gasteiger partial charge >= 0.3 is 0 Å². The first kappa shape index (κ1) is 31.1. The van der Waals surface area contributed by atoms with Crippen LogP contribution in [0.4, 0.5) is 10.1 Å². The monoisotopic (exact) mass is 625 g/mol. The van der Waals surface area contributed by atoms with Gasteiger partial charge in [-0.15, -0.1) is 0 Å². The molecule has 3 aromatic carbocycles. The summed E-state index contributed by atoms with van der Waals surface area (Å²) in [6.45, 7) is 1.60. The topological polar surface area (TPSA) is 114 Å². The first-order valence-electron chi connectivity index (χ1n) is 14.6. The highest BCUT2D eigenvalue weighted by Crippen LogP contribution is 2.34. The zero-order chi connectivity index (χ0) is 31.3. The van der Waals surface area contributed by atoms with Crippen LogP contribution >= 0.6 is 0 Å². The van der Waals surface area contributed by atoms with E-state index in [0.717, 1.165) is 42.1 Å². The zero-order valence-electron chi connectivity index (χ0n) is 24.7. The number of anilines is 1. The molecule has 5 rings (SSSR count). The Bertz CT molecular complexity index is 1590. The number of amides is 2. The van der Waals surface area contributed by atoms with Crippen LogP contribution in [0.5, 0.6) is 17.2 Å². The number of halogens is 1. The summed E-state index contributed by atoms with van der Waals surface area (Å²) in [5, 5.41) is 3.04. The quantitative estimate of drug-likeness (QED) is 0.339. The van der Waals surface area contributed by atoms with E-state index in [1.165, 1.54) is 42.3 Å². The van der Waals surface area contributed by atoms with Gasteiger partial charge in [-0.25, -0.2) is 12.8 Å². The summed E-state index contributed by atoms with van der Waals surface area (Å²) in [6, 6.07) is 15.3. The van der Waals surface area contributed by atoms with E-state index in [1.54, 1.807) is 31.2 Å². The third kappa shape index (κ3) is 7.07. The van der Waals surface area contributed by atoms with Crippen LogP contribution in [0.25, 0.3) is 0 Å². The van der Waals surface area contributed by atoms with Crippen molar-refractivity contribution >= 4 is 27.5 Å². The number of sulfonamides is 1. The summed E-state index contributed by atoms with van der Waals surface area (Å²) in [5.41, 5.74) is 0.778. The Morgan fingerprint density at radius 1 is 1.00 bits per heavy atom. The highest BCUT2D eigenvalue weighted by Gasteiger charge is 2.34. The standard InChI is InChI=1S/C32H36FN3O7S/c1-22(32(38)34-25-7-3-4-8-25)35(20-23-6-5-9-27(18-23)41-2)31(37)21-36(26-12-10-24(33)11-13-26)44(39,40)28-14-15-29-30(19-28)43-17-16-42-29/h5-6,9-15,18-19,22,25H,3-4,7-8,16-17,20-21H2,1-2H3,(H,34,38)/t22-/m0/s1. The number of methoxy groups -OCH3 is 1. The summed E-state index contributed by atoms with van der Waals surface area (Å²) < 4.78 is 59.5. The van der Waals surface area contributed by atoms with Crippen molar-refractivity contribution < 1.29 is 36.6 Å². The van der Waals surface area contributed by atoms with Crippen molar-refractivity contribution in [3.8, 4) is 17.2 Å². The minimum Gasteiger partial charge on any atom is -0.497 e. The molecule has 0 bridgehead atoms. The van der Waals surface area contributed by atoms with Crippen LogP contribution in [-0.4, -0.2) is 64.1 Å². The number of carbonyl (C=O) groups excluding carboxylic acids is 2. The van der Waals surface area contributed by atoms with E-state index in [9.17, 15) is 22.4 Å². The number of nitrogens with zero attached hydrogens (tertiary/aromatic N) is 2. The lowest BCUT2D eigenvalue weighted by Crippen LogP contribution is -2.52. The first-order chi connectivity index (χ1) is 21.2. The number of hydrogen-bond acceptors (Lipinski definition) is 7. The van der Waals surface area contributed by atoms with E-state index in [4.69, 9.17) is 14.2 Å². The van der Waals surface area contributed by atoms with Crippen LogP contribution in [0, 0.1) is 5.82 Å². The SMILES string of the molecule is COc1cccc(CN(C(=O)CN(c2ccc(F)cc2)S(=O)(=O)c2ccc3c(c2)OCCO3)[C@@H](C)C(=O)NC2CCCC2)c1. The Labute approximate surface area is 256 Å². The van der Waals surface area contributed by atoms with Crippen molar-refractivity contribution in [3.05, 3.63) is 78.1 Å². The molecule has 3 aromatic rings. The lowest BCUT2D eigenvalue weighted by Gasteiger charge is -2.32. The fraction of sp³-hybridized carbons (Fsp3) is 0.375. The fourth-order valence-corrected chi connectivity index (χ4v) is 6.82. The number of ether oxygens (including phenoxy) is 3. The minimum atomic E-state index is -4.37. The third-order valence-corrected chi connectivity index (χ3v) is 9.62. The molecule has 1 N–H and O–H groups in total. The Hall–Kier alpha value is -4.32. The van der Waals surface area contributed by atoms with Gasteiger partial charge < -0.3 is 24.4 Å². The first-order valence-corrected chi connectivity index (χ1v) is 16.0. The fourth-order valence-electron chi connectivity index (χ4n) is 5.39. The van der Waals surface area contributed by atoms with Crippen LogP contribution in [0.15, 0.2) is 71.6 Å². The molecule has 1 heterocycles. The Morgan fingerprint density at radius 2 is 1.70 bits per heavy atom. The number of benzene rings is 3. The molecule has 0 aromatic heterocycles. The molecular formula is C32H36FN3O7S. The Kier molecular flexibility index (Phi) is 9.58. The molecule has 44 heavy (non-hydrogen) atoms. The number of carbonyl (C=O) groups is 2. The summed E-state index contributed by atoms with van der Waals surface area (Å²) in [6.07, 6.45) is 3.79. The summed E-state index contributed by atoms with van der Waals surface area (Å²) in [7, 11) is -2.84. The number of rotatable bonds is 11. The van der Waals surface area contributed by atoms with Crippen molar-refractivity contribution in [1.29, 1.82) is 0 Å². The van der Waals surface area contributed by atoms with Crippen molar-refractivity contribution in [1.82, 2.24) is 10.2 Å². The van der Waals surface area contributed by atoms with Crippen molar-refractivity contribution in [2.75, 3.05) is 31.2 Å². The second kappa shape index (κ2) is 13.5. The Balaban J connectivity index is 1.48. The van der Waals surface area contributed by atoms with Crippen LogP contribution in [-0.2, 0) is 26.2 Å². The highest BCUT2D eigenvalue weighted by atomic mass is 32.2. The largest absolute Gasteiger partial charge is 0.497 e. The lowest BCUT2D eigenvalue weighted by atomic mass is 10.1. The maximum atomic E-state index is 14.1. The van der Waals surface area contributed by atoms with Gasteiger partial charge in [0, 0.05) is 18.7 Å². The molecule has 0 unspecified atom stereocenters. The molecule has 1 fully saturated rings. The summed E-state index contributed by atoms with van der Waals surface area (Å²) in [5.74, 6) is -0.255. The minimum absolute atomic E-state index is 0.0244. The van der Waals surface area contributed by atoms with E-state index >= 15 is 0 Å². The molecule has 0 saturated heterocycles. The van der Waals surface area contributed by atoms with Gasteiger partial charge in [0.25, 0.3) is 10.0 Å². The molecule has 2 aliphatic rings. The van der Waals surface area contributed by atoms with E-state index in [2.05, 4.69) is 5.32 Å². The lowest BCUT2D eigenvalue weighted by molar-refractivity contribution is -0.139. The van der Waals surface area contributed by atoms with Crippen LogP contribution in [0.2, 0.25) is 0 Å². The molecule has 0 radical (unpaired) electrons. The predicted molar refractivity (Wildman–Crippen MR) is 162 cm³/mol. The molecule has 234 valence electrons. The van der Waals surface area contributed by atoms with Gasteiger partial charge in [0.2, 0.25) is 11.8 Å². The van der Waals surface area contributed by atoms with Crippen molar-refractivity contribution in [2.45, 2.75) is 56.1 Å². The molecule has 1 aliphatic heterocycles. The Morgan fingerprint density at radius 3 is 2.41 bits per heavy atom. The second-order valence-electron chi connectivity index (χ2n) is 10.8. The molecule has 1 aliphatic carbocycles. The van der Waals surface area contributed by atoms with Gasteiger partial charge in [-0.2, -0.15) is 0 Å². The van der Waals surface area contributed by atoms with Gasteiger partial charge in [-0.05, 0) is 73.9 Å². The molecule has 12 heteroatoms. The number of nitrogens with one attached hydrogen (secondary N) is 1. The van der Waals surface area contributed by atoms with E-state index in [1.807, 2.05) is 0 Å². The van der Waals surface area contributed by atoms with Crippen LogP contribution in [0.1, 0.15) is 38.2 Å². The van der Waals surface area contributed by atoms with Gasteiger partial charge in [-0.3, -0.25) is 13.9 Å². The number of fused-ring (bicyclic) bond motifs is 1. The van der Waals surface area contributed by atoms with E-state index < -0.39 is 34.3 Å². The van der Waals surface area contributed by atoms with Gasteiger partial charge in [0.1, 0.15) is 37.4 Å². The van der Waals surface area contributed by atoms with Gasteiger partial charge in [0.05, 0.1) is 17.7 Å². The van der Waals surface area contributed by atoms with E-state index in [-0.39, 0.29) is 41.4 Å². The molecule has 2 amide bonds. The molecule has 10 nitrogen and oxygen atoms in total. The van der Waals surface area contributed by atoms with Crippen molar-refractivity contribution in [2.24, 2.45) is 0 Å². The molecule has 1 atom stereocenters. The average Bonchev–Trinajstić information content (AvgIpc) is 3.55. The predicted octanol–water partition coefficient (Wildman–Crippen LogP) is 4.28. The smallest absolute Gasteiger partial charge is 0.264 e. The van der Waals surface area contributed by atoms with Crippen LogP contribution < -0.4 is 23.8 Å². The maximum absolute atomic E-state index is 14.1. The van der Waals surface area contributed by atoms with E-state index in [0.29, 0.717) is 23.7 Å². The normalized spacial score (nSPS) is 15.3. The highest BCUT2D eigenvalue weighted by molar-refractivity contribution is 7.92. The molecular weight excluding hydrogens is 589 g/mol. The summed E-state index contributed by atoms with van der Waals surface area (Å²) in [4.78, 5) is 28.7. The summed E-state index contributed by atoms with van der Waals surface area (Å²) >= 11 is 0. The van der Waals surface area contributed by atoms with Crippen LogP contribution in [0.3, 0.4) is 0 Å². The average molecular weight is 626 g/mol. The second-order valence-corrected chi connectivity index (χ2v) is 12.7.